The number of rotatable bonds is 3. The van der Waals surface area contributed by atoms with Gasteiger partial charge in [0.15, 0.2) is 5.76 Å². The van der Waals surface area contributed by atoms with Crippen LogP contribution in [0, 0.1) is 5.92 Å². The van der Waals surface area contributed by atoms with Crippen LogP contribution >= 0.6 is 0 Å². The number of ketones is 1. The second-order valence-electron chi connectivity index (χ2n) is 4.49. The van der Waals surface area contributed by atoms with Gasteiger partial charge in [-0.05, 0) is 38.1 Å². The lowest BCUT2D eigenvalue weighted by atomic mass is 9.96. The molecule has 0 spiro atoms. The highest BCUT2D eigenvalue weighted by atomic mass is 19.4. The quantitative estimate of drug-likeness (QED) is 0.784. The minimum atomic E-state index is -4.11. The molecule has 0 N–H and O–H groups in total. The Labute approximate surface area is 103 Å². The number of nitrogens with zero attached hydrogens (tertiary/aromatic N) is 1. The number of likely N-dealkylation sites (tertiary alicyclic amines) is 1. The van der Waals surface area contributed by atoms with Gasteiger partial charge in [-0.3, -0.25) is 9.69 Å². The third kappa shape index (κ3) is 3.13. The predicted octanol–water partition coefficient (Wildman–Crippen LogP) is 2.74. The number of alkyl halides is 3. The minimum absolute atomic E-state index is 0.0644. The van der Waals surface area contributed by atoms with E-state index in [9.17, 15) is 18.0 Å². The first-order valence-corrected chi connectivity index (χ1v) is 5.82. The molecule has 0 aromatic carbocycles. The first-order chi connectivity index (χ1) is 8.47. The van der Waals surface area contributed by atoms with Crippen molar-refractivity contribution in [3.8, 4) is 0 Å². The number of piperidine rings is 1. The summed E-state index contributed by atoms with van der Waals surface area (Å²) in [4.78, 5) is 13.4. The van der Waals surface area contributed by atoms with Crippen molar-refractivity contribution in [1.82, 2.24) is 4.90 Å². The van der Waals surface area contributed by atoms with Crippen molar-refractivity contribution in [3.05, 3.63) is 24.2 Å². The smallest absolute Gasteiger partial charge is 0.391 e. The lowest BCUT2D eigenvalue weighted by Gasteiger charge is -2.32. The Bertz CT molecular complexity index is 392. The van der Waals surface area contributed by atoms with Gasteiger partial charge in [0.25, 0.3) is 0 Å². The summed E-state index contributed by atoms with van der Waals surface area (Å²) in [6.07, 6.45) is -2.58. The van der Waals surface area contributed by atoms with Crippen molar-refractivity contribution in [1.29, 1.82) is 0 Å². The van der Waals surface area contributed by atoms with Crippen molar-refractivity contribution < 1.29 is 22.4 Å². The molecule has 1 aliphatic heterocycles. The van der Waals surface area contributed by atoms with Gasteiger partial charge in [-0.25, -0.2) is 0 Å². The molecule has 2 rings (SSSR count). The standard InChI is InChI=1S/C12H14F3NO2/c13-12(14,15)9-3-5-16(6-4-9)8-10(17)11-2-1-7-18-11/h1-2,7,9H,3-6,8H2. The minimum Gasteiger partial charge on any atom is -0.461 e. The van der Waals surface area contributed by atoms with Crippen LogP contribution in [0.25, 0.3) is 0 Å². The van der Waals surface area contributed by atoms with Crippen LogP contribution in [0.5, 0.6) is 0 Å². The Morgan fingerprint density at radius 3 is 2.56 bits per heavy atom. The average molecular weight is 261 g/mol. The Kier molecular flexibility index (Phi) is 3.75. The Morgan fingerprint density at radius 2 is 2.06 bits per heavy atom. The highest BCUT2D eigenvalue weighted by Crippen LogP contribution is 2.33. The number of carbonyl (C=O) groups is 1. The lowest BCUT2D eigenvalue weighted by Crippen LogP contribution is -2.41. The highest BCUT2D eigenvalue weighted by Gasteiger charge is 2.41. The van der Waals surface area contributed by atoms with E-state index in [0.717, 1.165) is 0 Å². The molecule has 1 saturated heterocycles. The summed E-state index contributed by atoms with van der Waals surface area (Å²) in [5, 5.41) is 0. The molecule has 100 valence electrons. The molecular weight excluding hydrogens is 247 g/mol. The molecule has 18 heavy (non-hydrogen) atoms. The molecule has 0 amide bonds. The molecule has 2 heterocycles. The topological polar surface area (TPSA) is 33.5 Å². The predicted molar refractivity (Wildman–Crippen MR) is 58.3 cm³/mol. The maximum atomic E-state index is 12.5. The van der Waals surface area contributed by atoms with E-state index in [0.29, 0.717) is 13.1 Å². The first-order valence-electron chi connectivity index (χ1n) is 5.82. The third-order valence-electron chi connectivity index (χ3n) is 3.21. The molecule has 0 radical (unpaired) electrons. The normalized spacial score (nSPS) is 19.1. The molecule has 6 heteroatoms. The summed E-state index contributed by atoms with van der Waals surface area (Å²) >= 11 is 0. The zero-order valence-electron chi connectivity index (χ0n) is 9.74. The zero-order chi connectivity index (χ0) is 13.2. The third-order valence-corrected chi connectivity index (χ3v) is 3.21. The summed E-state index contributed by atoms with van der Waals surface area (Å²) in [5.41, 5.74) is 0. The van der Waals surface area contributed by atoms with Gasteiger partial charge in [-0.2, -0.15) is 13.2 Å². The van der Waals surface area contributed by atoms with E-state index in [4.69, 9.17) is 4.42 Å². The van der Waals surface area contributed by atoms with Crippen LogP contribution in [-0.2, 0) is 0 Å². The summed E-state index contributed by atoms with van der Waals surface area (Å²) in [6, 6.07) is 3.17. The zero-order valence-corrected chi connectivity index (χ0v) is 9.74. The molecule has 1 aromatic heterocycles. The van der Waals surface area contributed by atoms with Crippen LogP contribution in [0.15, 0.2) is 22.8 Å². The largest absolute Gasteiger partial charge is 0.461 e. The molecule has 3 nitrogen and oxygen atoms in total. The van der Waals surface area contributed by atoms with Gasteiger partial charge >= 0.3 is 6.18 Å². The fourth-order valence-electron chi connectivity index (χ4n) is 2.14. The van der Waals surface area contributed by atoms with Crippen LogP contribution in [0.3, 0.4) is 0 Å². The molecule has 1 fully saturated rings. The number of furan rings is 1. The second-order valence-corrected chi connectivity index (χ2v) is 4.49. The summed E-state index contributed by atoms with van der Waals surface area (Å²) in [7, 11) is 0. The second kappa shape index (κ2) is 5.14. The molecule has 0 atom stereocenters. The van der Waals surface area contributed by atoms with E-state index in [1.54, 1.807) is 17.0 Å². The van der Waals surface area contributed by atoms with Gasteiger partial charge in [0.2, 0.25) is 5.78 Å². The van der Waals surface area contributed by atoms with E-state index in [1.807, 2.05) is 0 Å². The van der Waals surface area contributed by atoms with Crippen LogP contribution in [0.1, 0.15) is 23.4 Å². The van der Waals surface area contributed by atoms with Crippen molar-refractivity contribution in [3.63, 3.8) is 0 Å². The average Bonchev–Trinajstić information content (AvgIpc) is 2.82. The van der Waals surface area contributed by atoms with Gasteiger partial charge in [0, 0.05) is 0 Å². The number of hydrogen-bond donors (Lipinski definition) is 0. The van der Waals surface area contributed by atoms with Gasteiger partial charge in [-0.15, -0.1) is 0 Å². The van der Waals surface area contributed by atoms with Crippen LogP contribution in [-0.4, -0.2) is 36.5 Å². The molecule has 1 aliphatic rings. The molecule has 0 saturated carbocycles. The van der Waals surface area contributed by atoms with Crippen LogP contribution < -0.4 is 0 Å². The van der Waals surface area contributed by atoms with Crippen LogP contribution in [0.4, 0.5) is 13.2 Å². The number of carbonyl (C=O) groups excluding carboxylic acids is 1. The van der Waals surface area contributed by atoms with Gasteiger partial charge < -0.3 is 4.42 Å². The van der Waals surface area contributed by atoms with E-state index in [1.165, 1.54) is 6.26 Å². The maximum absolute atomic E-state index is 12.5. The van der Waals surface area contributed by atoms with Gasteiger partial charge in [-0.1, -0.05) is 0 Å². The summed E-state index contributed by atoms with van der Waals surface area (Å²) in [5.74, 6) is -1.16. The molecule has 0 bridgehead atoms. The van der Waals surface area contributed by atoms with Crippen molar-refractivity contribution in [2.24, 2.45) is 5.92 Å². The molecule has 0 unspecified atom stereocenters. The summed E-state index contributed by atoms with van der Waals surface area (Å²) in [6.45, 7) is 0.728. The number of Topliss-reactive ketones (excluding diaryl/α,β-unsaturated/α-hetero) is 1. The van der Waals surface area contributed by atoms with E-state index in [-0.39, 0.29) is 30.9 Å². The van der Waals surface area contributed by atoms with Crippen LogP contribution in [0.2, 0.25) is 0 Å². The fraction of sp³-hybridized carbons (Fsp3) is 0.583. The molecule has 1 aromatic rings. The van der Waals surface area contributed by atoms with Crippen molar-refractivity contribution >= 4 is 5.78 Å². The summed E-state index contributed by atoms with van der Waals surface area (Å²) < 4.78 is 42.3. The van der Waals surface area contributed by atoms with Gasteiger partial charge in [0.05, 0.1) is 18.7 Å². The lowest BCUT2D eigenvalue weighted by molar-refractivity contribution is -0.184. The number of halogens is 3. The molecular formula is C12H14F3NO2. The highest BCUT2D eigenvalue weighted by molar-refractivity contribution is 5.94. The Balaban J connectivity index is 1.82. The van der Waals surface area contributed by atoms with E-state index in [2.05, 4.69) is 0 Å². The SMILES string of the molecule is O=C(CN1CCC(C(F)(F)F)CC1)c1ccco1. The van der Waals surface area contributed by atoms with Crippen molar-refractivity contribution in [2.75, 3.05) is 19.6 Å². The van der Waals surface area contributed by atoms with Crippen molar-refractivity contribution in [2.45, 2.75) is 19.0 Å². The maximum Gasteiger partial charge on any atom is 0.391 e. The Morgan fingerprint density at radius 1 is 1.39 bits per heavy atom. The van der Waals surface area contributed by atoms with E-state index >= 15 is 0 Å². The monoisotopic (exact) mass is 261 g/mol. The Hall–Kier alpha value is -1.30. The first kappa shape index (κ1) is 13.1. The number of hydrogen-bond acceptors (Lipinski definition) is 3. The molecule has 0 aliphatic carbocycles. The fourth-order valence-corrected chi connectivity index (χ4v) is 2.14. The van der Waals surface area contributed by atoms with E-state index < -0.39 is 12.1 Å². The van der Waals surface area contributed by atoms with Gasteiger partial charge in [0.1, 0.15) is 0 Å².